The molecule has 0 radical (unpaired) electrons. The molecule has 130 valence electrons. The molecule has 2 aromatic carbocycles. The van der Waals surface area contributed by atoms with E-state index in [0.29, 0.717) is 12.4 Å². The second-order valence-electron chi connectivity index (χ2n) is 6.10. The van der Waals surface area contributed by atoms with Crippen LogP contribution in [0.25, 0.3) is 16.6 Å². The van der Waals surface area contributed by atoms with E-state index in [-0.39, 0.29) is 11.7 Å². The largest absolute Gasteiger partial charge is 0.361 e. The van der Waals surface area contributed by atoms with Crippen LogP contribution < -0.4 is 5.32 Å². The van der Waals surface area contributed by atoms with E-state index in [2.05, 4.69) is 26.4 Å². The molecule has 4 aromatic rings. The van der Waals surface area contributed by atoms with E-state index in [1.807, 2.05) is 61.7 Å². The molecule has 0 fully saturated rings. The summed E-state index contributed by atoms with van der Waals surface area (Å²) in [7, 11) is 0. The Balaban J connectivity index is 1.42. The average Bonchev–Trinajstić information content (AvgIpc) is 3.26. The Hall–Kier alpha value is -3.41. The maximum atomic E-state index is 12.4. The summed E-state index contributed by atoms with van der Waals surface area (Å²) in [6, 6.07) is 17.8. The number of nitrogens with zero attached hydrogens (tertiary/aromatic N) is 3. The molecule has 0 unspecified atom stereocenters. The molecule has 2 aromatic heterocycles. The number of aryl methyl sites for hydroxylation is 1. The van der Waals surface area contributed by atoms with Crippen LogP contribution in [0.4, 0.5) is 0 Å². The van der Waals surface area contributed by atoms with Gasteiger partial charge in [0.2, 0.25) is 5.82 Å². The van der Waals surface area contributed by atoms with Crippen LogP contribution in [0.15, 0.2) is 60.8 Å². The summed E-state index contributed by atoms with van der Waals surface area (Å²) in [5, 5.41) is 8.42. The van der Waals surface area contributed by atoms with Gasteiger partial charge in [-0.2, -0.15) is 0 Å². The zero-order valence-electron chi connectivity index (χ0n) is 14.4. The van der Waals surface area contributed by atoms with Gasteiger partial charge in [0.25, 0.3) is 5.91 Å². The zero-order valence-corrected chi connectivity index (χ0v) is 14.4. The van der Waals surface area contributed by atoms with Crippen LogP contribution in [-0.4, -0.2) is 32.2 Å². The second-order valence-corrected chi connectivity index (χ2v) is 6.10. The molecule has 2 N–H and O–H groups in total. The number of hydrogen-bond donors (Lipinski definition) is 2. The highest BCUT2D eigenvalue weighted by Gasteiger charge is 2.15. The van der Waals surface area contributed by atoms with Crippen molar-refractivity contribution in [3.8, 4) is 5.69 Å². The molecule has 4 rings (SSSR count). The molecule has 0 saturated carbocycles. The first-order chi connectivity index (χ1) is 12.7. The van der Waals surface area contributed by atoms with E-state index in [9.17, 15) is 4.79 Å². The molecule has 0 aliphatic carbocycles. The van der Waals surface area contributed by atoms with Crippen LogP contribution in [0.1, 0.15) is 22.0 Å². The predicted molar refractivity (Wildman–Crippen MR) is 100 cm³/mol. The number of aromatic nitrogens is 4. The van der Waals surface area contributed by atoms with E-state index in [4.69, 9.17) is 0 Å². The van der Waals surface area contributed by atoms with E-state index < -0.39 is 0 Å². The summed E-state index contributed by atoms with van der Waals surface area (Å²) in [4.78, 5) is 19.9. The summed E-state index contributed by atoms with van der Waals surface area (Å²) in [5.41, 5.74) is 3.17. The molecule has 2 heterocycles. The monoisotopic (exact) mass is 345 g/mol. The van der Waals surface area contributed by atoms with E-state index in [0.717, 1.165) is 17.6 Å². The molecule has 0 aliphatic heterocycles. The topological polar surface area (TPSA) is 75.6 Å². The molecule has 0 spiro atoms. The highest BCUT2D eigenvalue weighted by atomic mass is 16.2. The number of carbonyl (C=O) groups is 1. The highest BCUT2D eigenvalue weighted by Crippen LogP contribution is 2.17. The standard InChI is InChI=1S/C20H19N5O/c1-14-23-19(24-25(14)16-7-3-2-4-8-16)20(26)21-12-11-15-13-22-18-10-6-5-9-17(15)18/h2-10,13,22H,11-12H2,1H3,(H,21,26). The fourth-order valence-electron chi connectivity index (χ4n) is 3.03. The lowest BCUT2D eigenvalue weighted by atomic mass is 10.1. The molecule has 6 nitrogen and oxygen atoms in total. The van der Waals surface area contributed by atoms with E-state index >= 15 is 0 Å². The average molecular weight is 345 g/mol. The summed E-state index contributed by atoms with van der Waals surface area (Å²) < 4.78 is 1.68. The van der Waals surface area contributed by atoms with Gasteiger partial charge in [-0.1, -0.05) is 36.4 Å². The first-order valence-corrected chi connectivity index (χ1v) is 8.54. The molecule has 0 bridgehead atoms. The van der Waals surface area contributed by atoms with Crippen molar-refractivity contribution in [2.45, 2.75) is 13.3 Å². The quantitative estimate of drug-likeness (QED) is 0.584. The summed E-state index contributed by atoms with van der Waals surface area (Å²) >= 11 is 0. The fraction of sp³-hybridized carbons (Fsp3) is 0.150. The van der Waals surface area contributed by atoms with E-state index in [1.165, 1.54) is 10.9 Å². The lowest BCUT2D eigenvalue weighted by Crippen LogP contribution is -2.26. The number of nitrogens with one attached hydrogen (secondary N) is 2. The lowest BCUT2D eigenvalue weighted by molar-refractivity contribution is 0.0944. The SMILES string of the molecule is Cc1nc(C(=O)NCCc2c[nH]c3ccccc23)nn1-c1ccccc1. The zero-order chi connectivity index (χ0) is 17.9. The van der Waals surface area contributed by atoms with Gasteiger partial charge in [-0.3, -0.25) is 4.79 Å². The number of benzene rings is 2. The molecule has 6 heteroatoms. The van der Waals surface area contributed by atoms with Crippen molar-refractivity contribution in [2.75, 3.05) is 6.54 Å². The molecular formula is C20H19N5O. The number of rotatable bonds is 5. The molecular weight excluding hydrogens is 326 g/mol. The van der Waals surface area contributed by atoms with Crippen molar-refractivity contribution in [3.63, 3.8) is 0 Å². The summed E-state index contributed by atoms with van der Waals surface area (Å²) in [6.07, 6.45) is 2.73. The molecule has 26 heavy (non-hydrogen) atoms. The Bertz CT molecular complexity index is 1050. The Kier molecular flexibility index (Phi) is 4.23. The van der Waals surface area contributed by atoms with Crippen molar-refractivity contribution < 1.29 is 4.79 Å². The van der Waals surface area contributed by atoms with Crippen LogP contribution in [0, 0.1) is 6.92 Å². The summed E-state index contributed by atoms with van der Waals surface area (Å²) in [6.45, 7) is 2.36. The van der Waals surface area contributed by atoms with Gasteiger partial charge in [-0.05, 0) is 37.1 Å². The predicted octanol–water partition coefficient (Wildman–Crippen LogP) is 3.03. The number of aromatic amines is 1. The van der Waals surface area contributed by atoms with Crippen molar-refractivity contribution in [1.29, 1.82) is 0 Å². The van der Waals surface area contributed by atoms with Gasteiger partial charge in [-0.15, -0.1) is 5.10 Å². The van der Waals surface area contributed by atoms with Gasteiger partial charge >= 0.3 is 0 Å². The summed E-state index contributed by atoms with van der Waals surface area (Å²) in [5.74, 6) is 0.603. The van der Waals surface area contributed by atoms with Crippen LogP contribution in [0.3, 0.4) is 0 Å². The Morgan fingerprint density at radius 3 is 2.73 bits per heavy atom. The van der Waals surface area contributed by atoms with E-state index in [1.54, 1.807) is 4.68 Å². The number of carbonyl (C=O) groups excluding carboxylic acids is 1. The van der Waals surface area contributed by atoms with Gasteiger partial charge < -0.3 is 10.3 Å². The van der Waals surface area contributed by atoms with Crippen LogP contribution in [0.5, 0.6) is 0 Å². The molecule has 0 aliphatic rings. The third-order valence-corrected chi connectivity index (χ3v) is 4.33. The first-order valence-electron chi connectivity index (χ1n) is 8.54. The minimum atomic E-state index is -0.261. The molecule has 1 amide bonds. The Labute approximate surface area is 150 Å². The maximum Gasteiger partial charge on any atom is 0.290 e. The van der Waals surface area contributed by atoms with Crippen molar-refractivity contribution in [3.05, 3.63) is 78.0 Å². The molecule has 0 saturated heterocycles. The smallest absolute Gasteiger partial charge is 0.290 e. The molecule has 0 atom stereocenters. The normalized spacial score (nSPS) is 11.0. The van der Waals surface area contributed by atoms with Gasteiger partial charge in [0.15, 0.2) is 0 Å². The lowest BCUT2D eigenvalue weighted by Gasteiger charge is -2.02. The highest BCUT2D eigenvalue weighted by molar-refractivity contribution is 5.90. The number of para-hydroxylation sites is 2. The fourth-order valence-corrected chi connectivity index (χ4v) is 3.03. The first kappa shape index (κ1) is 16.1. The minimum absolute atomic E-state index is 0.185. The van der Waals surface area contributed by atoms with Gasteiger partial charge in [0.05, 0.1) is 5.69 Å². The third-order valence-electron chi connectivity index (χ3n) is 4.33. The minimum Gasteiger partial charge on any atom is -0.361 e. The number of H-pyrrole nitrogens is 1. The van der Waals surface area contributed by atoms with Gasteiger partial charge in [0.1, 0.15) is 5.82 Å². The van der Waals surface area contributed by atoms with Crippen LogP contribution in [0.2, 0.25) is 0 Å². The second kappa shape index (κ2) is 6.84. The Morgan fingerprint density at radius 1 is 1.12 bits per heavy atom. The third kappa shape index (κ3) is 3.09. The van der Waals surface area contributed by atoms with Crippen LogP contribution in [-0.2, 0) is 6.42 Å². The van der Waals surface area contributed by atoms with Gasteiger partial charge in [0, 0.05) is 23.6 Å². The van der Waals surface area contributed by atoms with Gasteiger partial charge in [-0.25, -0.2) is 9.67 Å². The number of amides is 1. The number of hydrogen-bond acceptors (Lipinski definition) is 3. The van der Waals surface area contributed by atoms with Crippen molar-refractivity contribution >= 4 is 16.8 Å². The maximum absolute atomic E-state index is 12.4. The van der Waals surface area contributed by atoms with Crippen LogP contribution >= 0.6 is 0 Å². The van der Waals surface area contributed by atoms with Crippen molar-refractivity contribution in [2.24, 2.45) is 0 Å². The van der Waals surface area contributed by atoms with Crippen molar-refractivity contribution in [1.82, 2.24) is 25.1 Å². The Morgan fingerprint density at radius 2 is 1.88 bits per heavy atom. The number of fused-ring (bicyclic) bond motifs is 1.